The number of carbonyl (C=O) groups is 1. The second-order valence-corrected chi connectivity index (χ2v) is 7.36. The molecule has 0 radical (unpaired) electrons. The van der Waals surface area contributed by atoms with Crippen LogP contribution in [0.4, 0.5) is 0 Å². The Kier molecular flexibility index (Phi) is 5.23. The summed E-state index contributed by atoms with van der Waals surface area (Å²) in [6.07, 6.45) is 2.67. The van der Waals surface area contributed by atoms with Gasteiger partial charge < -0.3 is 16.5 Å². The highest BCUT2D eigenvalue weighted by atomic mass is 32.1. The summed E-state index contributed by atoms with van der Waals surface area (Å²) in [5, 5.41) is 7.22. The average Bonchev–Trinajstić information content (AvgIpc) is 3.44. The molecule has 7 nitrogen and oxygen atoms in total. The molecule has 2 aromatic heterocycles. The number of hydrogen-bond acceptors (Lipinski definition) is 4. The SMILES string of the molecule is N=C/N=C(/N)c1[nH]c(-c2cccc(-c3ccccc3C(N)=O)c2)cc1-c1cncs1. The van der Waals surface area contributed by atoms with E-state index in [1.54, 1.807) is 23.8 Å². The van der Waals surface area contributed by atoms with Crippen molar-refractivity contribution in [2.75, 3.05) is 0 Å². The van der Waals surface area contributed by atoms with E-state index in [0.717, 1.165) is 39.2 Å². The fourth-order valence-corrected chi connectivity index (χ4v) is 3.94. The summed E-state index contributed by atoms with van der Waals surface area (Å²) >= 11 is 1.49. The van der Waals surface area contributed by atoms with Gasteiger partial charge in [-0.2, -0.15) is 0 Å². The van der Waals surface area contributed by atoms with Gasteiger partial charge in [0.05, 0.1) is 16.1 Å². The van der Waals surface area contributed by atoms with Gasteiger partial charge in [-0.05, 0) is 34.9 Å². The van der Waals surface area contributed by atoms with Crippen LogP contribution in [0.2, 0.25) is 0 Å². The smallest absolute Gasteiger partial charge is 0.249 e. The number of primary amides is 1. The Labute approximate surface area is 176 Å². The van der Waals surface area contributed by atoms with Gasteiger partial charge >= 0.3 is 0 Å². The summed E-state index contributed by atoms with van der Waals surface area (Å²) in [5.74, 6) is -0.254. The lowest BCUT2D eigenvalue weighted by molar-refractivity contribution is 0.100. The van der Waals surface area contributed by atoms with Crippen LogP contribution in [0.25, 0.3) is 32.8 Å². The molecule has 1 amide bonds. The first-order chi connectivity index (χ1) is 14.6. The predicted octanol–water partition coefficient (Wildman–Crippen LogP) is 3.88. The van der Waals surface area contributed by atoms with Gasteiger partial charge in [-0.25, -0.2) is 4.99 Å². The van der Waals surface area contributed by atoms with Crippen molar-refractivity contribution in [1.29, 1.82) is 5.41 Å². The maximum Gasteiger partial charge on any atom is 0.249 e. The number of benzene rings is 2. The van der Waals surface area contributed by atoms with Crippen LogP contribution < -0.4 is 11.5 Å². The van der Waals surface area contributed by atoms with Gasteiger partial charge in [0.15, 0.2) is 0 Å². The van der Waals surface area contributed by atoms with E-state index < -0.39 is 5.91 Å². The molecular formula is C22H18N6OS. The summed E-state index contributed by atoms with van der Waals surface area (Å²) in [7, 11) is 0. The van der Waals surface area contributed by atoms with Gasteiger partial charge in [-0.1, -0.05) is 36.4 Å². The van der Waals surface area contributed by atoms with Crippen LogP contribution in [-0.4, -0.2) is 28.0 Å². The molecule has 2 aromatic carbocycles. The van der Waals surface area contributed by atoms with E-state index in [2.05, 4.69) is 15.0 Å². The first-order valence-electron chi connectivity index (χ1n) is 9.02. The number of carbonyl (C=O) groups excluding carboxylic acids is 1. The Morgan fingerprint density at radius 2 is 1.87 bits per heavy atom. The van der Waals surface area contributed by atoms with Crippen molar-refractivity contribution in [1.82, 2.24) is 9.97 Å². The van der Waals surface area contributed by atoms with Crippen molar-refractivity contribution in [3.05, 3.63) is 77.6 Å². The lowest BCUT2D eigenvalue weighted by Gasteiger charge is -2.08. The summed E-state index contributed by atoms with van der Waals surface area (Å²) in [4.78, 5) is 24.1. The average molecular weight is 414 g/mol. The highest BCUT2D eigenvalue weighted by Crippen LogP contribution is 2.34. The monoisotopic (exact) mass is 414 g/mol. The van der Waals surface area contributed by atoms with Crippen LogP contribution in [-0.2, 0) is 0 Å². The van der Waals surface area contributed by atoms with E-state index in [-0.39, 0.29) is 5.84 Å². The molecule has 0 fully saturated rings. The zero-order valence-electron chi connectivity index (χ0n) is 15.8. The quantitative estimate of drug-likeness (QED) is 0.282. The van der Waals surface area contributed by atoms with Gasteiger partial charge in [0, 0.05) is 23.0 Å². The van der Waals surface area contributed by atoms with E-state index in [1.165, 1.54) is 11.3 Å². The molecular weight excluding hydrogens is 396 g/mol. The highest BCUT2D eigenvalue weighted by molar-refractivity contribution is 7.13. The summed E-state index contributed by atoms with van der Waals surface area (Å²) in [5.41, 5.74) is 18.7. The van der Waals surface area contributed by atoms with Crippen LogP contribution in [0, 0.1) is 5.41 Å². The van der Waals surface area contributed by atoms with Gasteiger partial charge in [-0.15, -0.1) is 11.3 Å². The van der Waals surface area contributed by atoms with Gasteiger partial charge in [0.1, 0.15) is 12.2 Å². The molecule has 0 aliphatic heterocycles. The van der Waals surface area contributed by atoms with Crippen molar-refractivity contribution >= 4 is 29.4 Å². The number of aromatic nitrogens is 2. The summed E-state index contributed by atoms with van der Waals surface area (Å²) in [6, 6.07) is 17.0. The van der Waals surface area contributed by atoms with Crippen LogP contribution in [0.15, 0.2) is 71.3 Å². The normalized spacial score (nSPS) is 11.4. The van der Waals surface area contributed by atoms with E-state index >= 15 is 0 Å². The number of amides is 1. The molecule has 0 unspecified atom stereocenters. The van der Waals surface area contributed by atoms with E-state index in [9.17, 15) is 4.79 Å². The third-order valence-corrected chi connectivity index (χ3v) is 5.46. The van der Waals surface area contributed by atoms with Crippen molar-refractivity contribution in [3.8, 4) is 32.8 Å². The number of nitrogens with two attached hydrogens (primary N) is 2. The summed E-state index contributed by atoms with van der Waals surface area (Å²) in [6.45, 7) is 0. The number of aliphatic imine (C=N–C) groups is 1. The fraction of sp³-hybridized carbons (Fsp3) is 0. The number of H-pyrrole nitrogens is 1. The molecule has 0 saturated heterocycles. The molecule has 4 aromatic rings. The third kappa shape index (κ3) is 3.63. The van der Waals surface area contributed by atoms with E-state index in [0.29, 0.717) is 11.3 Å². The predicted molar refractivity (Wildman–Crippen MR) is 121 cm³/mol. The highest BCUT2D eigenvalue weighted by Gasteiger charge is 2.16. The molecule has 6 N–H and O–H groups in total. The standard InChI is InChI=1S/C22H18N6OS/c23-11-27-21(24)20-17(19-10-26-12-30-19)9-18(28-20)14-5-3-4-13(8-14)15-6-1-2-7-16(15)22(25)29/h1-12,28H,(H2,25,29)(H3,23,24,27). The largest absolute Gasteiger partial charge is 0.382 e. The zero-order valence-corrected chi connectivity index (χ0v) is 16.6. The van der Waals surface area contributed by atoms with Crippen LogP contribution in [0.1, 0.15) is 16.1 Å². The molecule has 2 heterocycles. The molecule has 0 aliphatic carbocycles. The van der Waals surface area contributed by atoms with Gasteiger partial charge in [0.25, 0.3) is 0 Å². The number of hydrogen-bond donors (Lipinski definition) is 4. The van der Waals surface area contributed by atoms with E-state index in [1.807, 2.05) is 42.5 Å². The van der Waals surface area contributed by atoms with Crippen LogP contribution >= 0.6 is 11.3 Å². The number of thiazole rings is 1. The molecule has 0 bridgehead atoms. The fourth-order valence-electron chi connectivity index (χ4n) is 3.29. The number of nitrogens with one attached hydrogen (secondary N) is 2. The Hall–Kier alpha value is -4.04. The minimum atomic E-state index is -0.471. The van der Waals surface area contributed by atoms with E-state index in [4.69, 9.17) is 16.9 Å². The molecule has 4 rings (SSSR count). The van der Waals surface area contributed by atoms with Crippen molar-refractivity contribution < 1.29 is 4.79 Å². The number of amidine groups is 1. The Morgan fingerprint density at radius 3 is 2.60 bits per heavy atom. The lowest BCUT2D eigenvalue weighted by atomic mass is 9.97. The molecule has 0 aliphatic rings. The number of nitrogens with zero attached hydrogens (tertiary/aromatic N) is 2. The number of aromatic amines is 1. The van der Waals surface area contributed by atoms with Crippen molar-refractivity contribution in [3.63, 3.8) is 0 Å². The molecule has 148 valence electrons. The summed E-state index contributed by atoms with van der Waals surface area (Å²) < 4.78 is 0. The maximum atomic E-state index is 11.8. The number of rotatable bonds is 6. The van der Waals surface area contributed by atoms with Crippen LogP contribution in [0.5, 0.6) is 0 Å². The molecule has 0 atom stereocenters. The minimum Gasteiger partial charge on any atom is -0.382 e. The van der Waals surface area contributed by atoms with Gasteiger partial charge in [-0.3, -0.25) is 15.2 Å². The van der Waals surface area contributed by atoms with Crippen molar-refractivity contribution in [2.45, 2.75) is 0 Å². The van der Waals surface area contributed by atoms with Crippen LogP contribution in [0.3, 0.4) is 0 Å². The first kappa shape index (κ1) is 19.3. The molecule has 30 heavy (non-hydrogen) atoms. The second-order valence-electron chi connectivity index (χ2n) is 6.47. The minimum absolute atomic E-state index is 0.217. The third-order valence-electron chi connectivity index (χ3n) is 4.65. The topological polar surface area (TPSA) is 134 Å². The van der Waals surface area contributed by atoms with Crippen molar-refractivity contribution in [2.24, 2.45) is 16.5 Å². The molecule has 8 heteroatoms. The first-order valence-corrected chi connectivity index (χ1v) is 9.90. The lowest BCUT2D eigenvalue weighted by Crippen LogP contribution is -2.14. The molecule has 0 spiro atoms. The Bertz CT molecular complexity index is 1260. The second kappa shape index (κ2) is 8.14. The zero-order chi connectivity index (χ0) is 21.1. The Balaban J connectivity index is 1.84. The van der Waals surface area contributed by atoms with Gasteiger partial charge in [0.2, 0.25) is 5.91 Å². The molecule has 0 saturated carbocycles. The maximum absolute atomic E-state index is 11.8. The Morgan fingerprint density at radius 1 is 1.07 bits per heavy atom.